The largest absolute Gasteiger partial charge is 0.482 e. The molecule has 4 heteroatoms. The van der Waals surface area contributed by atoms with E-state index in [1.807, 2.05) is 13.8 Å². The van der Waals surface area contributed by atoms with Crippen molar-refractivity contribution in [1.29, 1.82) is 0 Å². The Bertz CT molecular complexity index is 628. The number of fused-ring (bicyclic) bond motifs is 1. The molecule has 0 radical (unpaired) electrons. The second kappa shape index (κ2) is 4.16. The molecule has 0 saturated carbocycles. The first-order valence-corrected chi connectivity index (χ1v) is 7.41. The topological polar surface area (TPSA) is 43.4 Å². The van der Waals surface area contributed by atoms with Crippen molar-refractivity contribution in [3.8, 4) is 0 Å². The quantitative estimate of drug-likeness (QED) is 0.521. The molecule has 0 fully saturated rings. The third-order valence-electron chi connectivity index (χ3n) is 3.67. The van der Waals surface area contributed by atoms with E-state index in [0.29, 0.717) is 23.1 Å². The van der Waals surface area contributed by atoms with Crippen molar-refractivity contribution in [1.82, 2.24) is 0 Å². The lowest BCUT2D eigenvalue weighted by atomic mass is 9.82. The number of carbonyl (C=O) groups is 2. The molecule has 98 valence electrons. The molecule has 0 N–H and O–H groups in total. The van der Waals surface area contributed by atoms with Gasteiger partial charge in [-0.2, -0.15) is 0 Å². The van der Waals surface area contributed by atoms with Crippen LogP contribution < -0.4 is 0 Å². The Morgan fingerprint density at radius 3 is 2.37 bits per heavy atom. The van der Waals surface area contributed by atoms with Crippen LogP contribution in [0.2, 0.25) is 0 Å². The summed E-state index contributed by atoms with van der Waals surface area (Å²) in [6, 6.07) is 6.95. The van der Waals surface area contributed by atoms with Crippen molar-refractivity contribution >= 4 is 34.2 Å². The van der Waals surface area contributed by atoms with Gasteiger partial charge < -0.3 is 4.74 Å². The van der Waals surface area contributed by atoms with E-state index in [1.165, 1.54) is 0 Å². The van der Waals surface area contributed by atoms with Crippen LogP contribution in [0.4, 0.5) is 0 Å². The van der Waals surface area contributed by atoms with Crippen LogP contribution in [0, 0.1) is 0 Å². The monoisotopic (exact) mass is 368 g/mol. The number of ether oxygens (including phenoxy) is 1. The number of hydrogen-bond acceptors (Lipinski definition) is 3. The van der Waals surface area contributed by atoms with Gasteiger partial charge in [0, 0.05) is 16.7 Å². The van der Waals surface area contributed by atoms with Crippen molar-refractivity contribution in [2.75, 3.05) is 0 Å². The number of rotatable bonds is 0. The van der Waals surface area contributed by atoms with Gasteiger partial charge in [0.15, 0.2) is 11.5 Å². The van der Waals surface area contributed by atoms with E-state index in [9.17, 15) is 9.59 Å². The van der Waals surface area contributed by atoms with Gasteiger partial charge in [-0.05, 0) is 20.3 Å². The van der Waals surface area contributed by atoms with E-state index < -0.39 is 5.60 Å². The zero-order valence-corrected chi connectivity index (χ0v) is 12.9. The van der Waals surface area contributed by atoms with Crippen LogP contribution in [0.15, 0.2) is 35.6 Å². The third kappa shape index (κ3) is 1.84. The van der Waals surface area contributed by atoms with Crippen molar-refractivity contribution in [3.63, 3.8) is 0 Å². The second-order valence-corrected chi connectivity index (χ2v) is 6.89. The molecule has 1 unspecified atom stereocenters. The number of Topliss-reactive ketones (excluding diaryl/α,β-unsaturated/α-hetero) is 2. The van der Waals surface area contributed by atoms with Crippen LogP contribution in [-0.2, 0) is 4.74 Å². The minimum absolute atomic E-state index is 0.0673. The zero-order chi connectivity index (χ0) is 13.8. The van der Waals surface area contributed by atoms with Crippen molar-refractivity contribution in [2.45, 2.75) is 29.8 Å². The molecule has 0 bridgehead atoms. The summed E-state index contributed by atoms with van der Waals surface area (Å²) in [6.45, 7) is 3.90. The maximum absolute atomic E-state index is 12.5. The van der Waals surface area contributed by atoms with E-state index in [1.54, 1.807) is 24.3 Å². The smallest absolute Gasteiger partial charge is 0.228 e. The number of alkyl halides is 1. The molecule has 1 aliphatic carbocycles. The fraction of sp³-hybridized carbons (Fsp3) is 0.333. The highest BCUT2D eigenvalue weighted by molar-refractivity contribution is 14.1. The summed E-state index contributed by atoms with van der Waals surface area (Å²) >= 11 is 2.28. The van der Waals surface area contributed by atoms with Crippen LogP contribution >= 0.6 is 22.6 Å². The summed E-state index contributed by atoms with van der Waals surface area (Å²) in [5, 5.41) is 0. The number of allylic oxidation sites excluding steroid dienone is 2. The van der Waals surface area contributed by atoms with Crippen LogP contribution in [0.25, 0.3) is 0 Å². The lowest BCUT2D eigenvalue weighted by Gasteiger charge is -2.39. The van der Waals surface area contributed by atoms with Crippen molar-refractivity contribution in [2.24, 2.45) is 0 Å². The Morgan fingerprint density at radius 1 is 1.16 bits per heavy atom. The predicted molar refractivity (Wildman–Crippen MR) is 79.7 cm³/mol. The summed E-state index contributed by atoms with van der Waals surface area (Å²) in [7, 11) is 0. The van der Waals surface area contributed by atoms with Gasteiger partial charge >= 0.3 is 0 Å². The molecule has 2 aliphatic rings. The molecule has 1 aliphatic heterocycles. The standard InChI is InChI=1S/C15H13IO3/c1-15(2)11(16)7-10-12(17)8-5-3-4-6-9(8)13(18)14(10)19-15/h3-6,11H,7H2,1-2H3. The second-order valence-electron chi connectivity index (χ2n) is 5.39. The lowest BCUT2D eigenvalue weighted by Crippen LogP contribution is -2.43. The van der Waals surface area contributed by atoms with E-state index in [-0.39, 0.29) is 21.3 Å². The van der Waals surface area contributed by atoms with Gasteiger partial charge in [0.1, 0.15) is 5.60 Å². The van der Waals surface area contributed by atoms with Crippen LogP contribution in [0.5, 0.6) is 0 Å². The number of halogens is 1. The molecule has 0 saturated heterocycles. The van der Waals surface area contributed by atoms with Crippen LogP contribution in [0.3, 0.4) is 0 Å². The minimum Gasteiger partial charge on any atom is -0.482 e. The number of hydrogen-bond donors (Lipinski definition) is 0. The molecule has 1 heterocycles. The van der Waals surface area contributed by atoms with Crippen molar-refractivity contribution < 1.29 is 14.3 Å². The molecular formula is C15H13IO3. The molecular weight excluding hydrogens is 355 g/mol. The van der Waals surface area contributed by atoms with E-state index in [0.717, 1.165) is 0 Å². The van der Waals surface area contributed by atoms with Gasteiger partial charge in [0.05, 0.1) is 3.92 Å². The molecule has 0 aromatic heterocycles. The third-order valence-corrected chi connectivity index (χ3v) is 5.61. The first-order chi connectivity index (χ1) is 8.92. The van der Waals surface area contributed by atoms with Gasteiger partial charge in [0.2, 0.25) is 5.78 Å². The Morgan fingerprint density at radius 2 is 1.74 bits per heavy atom. The fourth-order valence-corrected chi connectivity index (χ4v) is 3.02. The van der Waals surface area contributed by atoms with Crippen molar-refractivity contribution in [3.05, 3.63) is 46.7 Å². The summed E-state index contributed by atoms with van der Waals surface area (Å²) in [5.74, 6) is 0.0190. The Balaban J connectivity index is 2.16. The van der Waals surface area contributed by atoms with E-state index in [4.69, 9.17) is 4.74 Å². The van der Waals surface area contributed by atoms with Gasteiger partial charge in [-0.15, -0.1) is 0 Å². The number of ketones is 2. The fourth-order valence-electron chi connectivity index (χ4n) is 2.45. The highest BCUT2D eigenvalue weighted by Gasteiger charge is 2.44. The summed E-state index contributed by atoms with van der Waals surface area (Å²) in [4.78, 5) is 24.9. The average Bonchev–Trinajstić information content (AvgIpc) is 2.38. The lowest BCUT2D eigenvalue weighted by molar-refractivity contribution is 0.0184. The first-order valence-electron chi connectivity index (χ1n) is 6.16. The average molecular weight is 368 g/mol. The van der Waals surface area contributed by atoms with Gasteiger partial charge in [-0.3, -0.25) is 9.59 Å². The minimum atomic E-state index is -0.429. The van der Waals surface area contributed by atoms with E-state index in [2.05, 4.69) is 22.6 Å². The predicted octanol–water partition coefficient (Wildman–Crippen LogP) is 3.32. The van der Waals surface area contributed by atoms with Crippen LogP contribution in [0.1, 0.15) is 41.0 Å². The molecule has 1 atom stereocenters. The van der Waals surface area contributed by atoms with E-state index >= 15 is 0 Å². The Hall–Kier alpha value is -1.17. The van der Waals surface area contributed by atoms with Gasteiger partial charge in [-0.25, -0.2) is 0 Å². The maximum atomic E-state index is 12.5. The molecule has 1 aromatic rings. The molecule has 19 heavy (non-hydrogen) atoms. The molecule has 3 nitrogen and oxygen atoms in total. The number of carbonyl (C=O) groups excluding carboxylic acids is 2. The Kier molecular flexibility index (Phi) is 2.81. The normalized spacial score (nSPS) is 24.7. The molecule has 0 amide bonds. The molecule has 0 spiro atoms. The van der Waals surface area contributed by atoms with Gasteiger partial charge in [-0.1, -0.05) is 46.9 Å². The van der Waals surface area contributed by atoms with Gasteiger partial charge in [0.25, 0.3) is 0 Å². The van der Waals surface area contributed by atoms with Crippen LogP contribution in [-0.4, -0.2) is 21.1 Å². The highest BCUT2D eigenvalue weighted by atomic mass is 127. The molecule has 3 rings (SSSR count). The SMILES string of the molecule is CC1(C)OC2=C(CC1I)C(=O)c1ccccc1C2=O. The first kappa shape index (κ1) is 12.8. The number of benzene rings is 1. The summed E-state index contributed by atoms with van der Waals surface area (Å²) in [5.41, 5.74) is 1.05. The summed E-state index contributed by atoms with van der Waals surface area (Å²) in [6.07, 6.45) is 0.585. The Labute approximate surface area is 125 Å². The molecule has 1 aromatic carbocycles. The maximum Gasteiger partial charge on any atom is 0.228 e. The zero-order valence-electron chi connectivity index (χ0n) is 10.7. The summed E-state index contributed by atoms with van der Waals surface area (Å²) < 4.78 is 6.00. The highest BCUT2D eigenvalue weighted by Crippen LogP contribution is 2.41.